The first kappa shape index (κ1) is 102. The number of phenolic OH excluding ortho intramolecular Hbond substituents is 1. The lowest BCUT2D eigenvalue weighted by molar-refractivity contribution is -0.143. The lowest BCUT2D eigenvalue weighted by Gasteiger charge is -2.27. The van der Waals surface area contributed by atoms with Crippen LogP contribution in [0.2, 0.25) is 0 Å². The van der Waals surface area contributed by atoms with Crippen LogP contribution < -0.4 is 103 Å². The molecule has 2 saturated heterocycles. The largest absolute Gasteiger partial charge is 0.508 e. The highest BCUT2D eigenvalue weighted by Crippen LogP contribution is 2.21. The standard InChI is InChI=1S/C76H112N28O24/c1-38(2)20-48(94-60(112)28-86-65(117)50(23-41-26-83-36-91-41)98-69(121)49(21-39-9-11-43(108)12-10-39)97-63(115)44(77)22-40-25-82-35-90-40)68(120)99-51(24-42-27-84-37-92-42)70(122)96-46(13-15-57(78)109)64(116)88-30-61(113)104-19-5-8-56(104)74(126)89-31-62(114)103-18-4-7-55(103)73(125)87-29-59(111)93-47(14-16-58(79)110)67(119)95-45(6-3-17-85-76(80)81)66(118)100-52(32-105)71(123)101-53(33-106)72(124)102-54(34-107)75(127)128/h9-12,25-27,35-38,44-56,105-108H,3-8,13-24,28-34,77H2,1-2H3,(H2,78,109)(H2,79,110)(H,82,90)(H,83,91)(H,84,92)(H,86,117)(H,87,125)(H,88,116)(H,89,126)(H,93,111)(H,94,112)(H,95,119)(H,96,122)(H,97,115)(H,98,121)(H,99,120)(H,100,118)(H,101,123)(H,102,124)(H,127,128)(H4,80,81,85)/t44-,45-,46-,47-,48-,49-,50-,51-,52-,53-,54-,55-,56-/m0/s1. The first-order valence-corrected chi connectivity index (χ1v) is 40.7. The number of aromatic hydroxyl groups is 1. The highest BCUT2D eigenvalue weighted by atomic mass is 16.4. The van der Waals surface area contributed by atoms with Gasteiger partial charge in [0, 0.05) is 93.8 Å². The van der Waals surface area contributed by atoms with Crippen molar-refractivity contribution in [3.63, 3.8) is 0 Å². The van der Waals surface area contributed by atoms with Gasteiger partial charge in [-0.15, -0.1) is 0 Å². The summed E-state index contributed by atoms with van der Waals surface area (Å²) in [5.74, 6) is -19.8. The summed E-state index contributed by atoms with van der Waals surface area (Å²) in [5, 5.41) is 91.6. The van der Waals surface area contributed by atoms with Crippen molar-refractivity contribution in [2.45, 2.75) is 189 Å². The third-order valence-electron chi connectivity index (χ3n) is 20.0. The molecule has 0 radical (unpaired) electrons. The van der Waals surface area contributed by atoms with E-state index in [1.807, 2.05) is 10.6 Å². The van der Waals surface area contributed by atoms with Crippen molar-refractivity contribution in [2.75, 3.05) is 65.6 Å². The second kappa shape index (κ2) is 51.8. The molecule has 13 atom stereocenters. The van der Waals surface area contributed by atoms with Gasteiger partial charge in [-0.25, -0.2) is 19.7 Å². The molecule has 128 heavy (non-hydrogen) atoms. The molecule has 2 aliphatic heterocycles. The molecular formula is C76H112N28O24. The molecule has 52 nitrogen and oxygen atoms in total. The number of carboxylic acid groups (broad SMARTS) is 1. The fourth-order valence-corrected chi connectivity index (χ4v) is 13.3. The molecule has 6 rings (SSSR count). The molecule has 700 valence electrons. The molecule has 4 aromatic rings. The molecule has 18 amide bonds. The second-order valence-corrected chi connectivity index (χ2v) is 30.4. The van der Waals surface area contributed by atoms with Crippen LogP contribution in [0.1, 0.15) is 107 Å². The maximum absolute atomic E-state index is 14.5. The molecule has 0 spiro atoms. The van der Waals surface area contributed by atoms with Gasteiger partial charge in [-0.1, -0.05) is 26.0 Å². The number of nitrogens with zero attached hydrogens (tertiary/aromatic N) is 5. The van der Waals surface area contributed by atoms with Gasteiger partial charge in [0.2, 0.25) is 106 Å². The van der Waals surface area contributed by atoms with E-state index in [0.29, 0.717) is 22.6 Å². The number of aliphatic hydroxyl groups is 3. The van der Waals surface area contributed by atoms with Gasteiger partial charge in [-0.05, 0) is 81.4 Å². The number of hydrogen-bond donors (Lipinski definition) is 28. The highest BCUT2D eigenvalue weighted by molar-refractivity contribution is 6.01. The number of nitrogens with one attached hydrogen (secondary N) is 19. The Balaban J connectivity index is 1.03. The number of rotatable bonds is 54. The molecule has 2 aliphatic rings. The zero-order valence-electron chi connectivity index (χ0n) is 70.1. The number of phenols is 1. The maximum Gasteiger partial charge on any atom is 0.328 e. The van der Waals surface area contributed by atoms with Crippen LogP contribution >= 0.6 is 0 Å². The summed E-state index contributed by atoms with van der Waals surface area (Å²) in [6, 6.07) is -14.0. The number of carboxylic acids is 1. The van der Waals surface area contributed by atoms with E-state index in [4.69, 9.17) is 28.3 Å². The van der Waals surface area contributed by atoms with Crippen molar-refractivity contribution in [1.29, 1.82) is 5.41 Å². The summed E-state index contributed by atoms with van der Waals surface area (Å²) in [7, 11) is 0. The molecule has 0 saturated carbocycles. The summed E-state index contributed by atoms with van der Waals surface area (Å²) < 4.78 is 0. The first-order valence-electron chi connectivity index (χ1n) is 40.7. The number of imidazole rings is 3. The Morgan fingerprint density at radius 1 is 0.445 bits per heavy atom. The molecule has 0 unspecified atom stereocenters. The van der Waals surface area contributed by atoms with Crippen LogP contribution in [0.15, 0.2) is 61.8 Å². The van der Waals surface area contributed by atoms with Gasteiger partial charge in [-0.2, -0.15) is 0 Å². The third-order valence-corrected chi connectivity index (χ3v) is 20.0. The Bertz CT molecular complexity index is 4500. The predicted octanol–water partition coefficient (Wildman–Crippen LogP) is -12.6. The van der Waals surface area contributed by atoms with E-state index in [1.165, 1.54) is 61.8 Å². The number of likely N-dealkylation sites (tertiary alicyclic amines) is 2. The molecule has 52 heteroatoms. The molecule has 3 aromatic heterocycles. The van der Waals surface area contributed by atoms with Crippen LogP contribution in [-0.2, 0) is 117 Å². The van der Waals surface area contributed by atoms with Crippen molar-refractivity contribution in [3.8, 4) is 5.75 Å². The Kier molecular flexibility index (Phi) is 41.5. The van der Waals surface area contributed by atoms with E-state index in [1.54, 1.807) is 13.8 Å². The number of aliphatic carboxylic acids is 1. The second-order valence-electron chi connectivity index (χ2n) is 30.4. The summed E-state index contributed by atoms with van der Waals surface area (Å²) in [6.07, 6.45) is 6.01. The van der Waals surface area contributed by atoms with Gasteiger partial charge >= 0.3 is 5.97 Å². The number of aromatic amines is 3. The van der Waals surface area contributed by atoms with Gasteiger partial charge in [0.05, 0.1) is 71.0 Å². The summed E-state index contributed by atoms with van der Waals surface area (Å²) in [4.78, 5) is 279. The minimum atomic E-state index is -1.90. The SMILES string of the molecule is CC(C)C[C@H](NC(=O)CNC(=O)[C@H](Cc1cnc[nH]1)NC(=O)[C@H](Cc1ccc(O)cc1)NC(=O)[C@@H](N)Cc1cnc[nH]1)C(=O)N[C@@H](Cc1cnc[nH]1)C(=O)N[C@@H](CCC(N)=O)C(=O)NCC(=O)N1CCC[C@H]1C(=O)NCC(=O)N1CCC[C@H]1C(=O)NCC(=O)N[C@@H](CCC(N)=O)C(=O)N[C@@H](CCCNC(=N)N)C(=O)N[C@@H](CO)C(=O)N[C@@H](CO)C(=O)N[C@@H](CO)C(=O)O. The quantitative estimate of drug-likeness (QED) is 0.0111. The topological polar surface area (TPSA) is 826 Å². The number of carbonyl (C=O) groups excluding carboxylic acids is 18. The Hall–Kier alpha value is -14.3. The lowest BCUT2D eigenvalue weighted by Crippen LogP contribution is -2.60. The van der Waals surface area contributed by atoms with Crippen LogP contribution in [-0.4, -0.2) is 328 Å². The van der Waals surface area contributed by atoms with Gasteiger partial charge in [-0.3, -0.25) is 91.7 Å². The van der Waals surface area contributed by atoms with E-state index in [-0.39, 0.29) is 102 Å². The normalized spacial score (nSPS) is 16.0. The monoisotopic (exact) mass is 1800 g/mol. The van der Waals surface area contributed by atoms with Crippen molar-refractivity contribution < 1.29 is 117 Å². The number of amides is 18. The van der Waals surface area contributed by atoms with Gasteiger partial charge in [0.15, 0.2) is 5.96 Å². The predicted molar refractivity (Wildman–Crippen MR) is 442 cm³/mol. The average Bonchev–Trinajstić information content (AvgIpc) is 1.69. The number of nitrogens with two attached hydrogens (primary N) is 4. The van der Waals surface area contributed by atoms with E-state index in [2.05, 4.69) is 99.0 Å². The van der Waals surface area contributed by atoms with Crippen LogP contribution in [0.3, 0.4) is 0 Å². The fraction of sp³-hybridized carbons (Fsp3) is 0.539. The van der Waals surface area contributed by atoms with Crippen LogP contribution in [0.5, 0.6) is 5.75 Å². The summed E-state index contributed by atoms with van der Waals surface area (Å²) >= 11 is 0. The van der Waals surface area contributed by atoms with Gasteiger partial charge < -0.3 is 153 Å². The number of aromatic nitrogens is 6. The van der Waals surface area contributed by atoms with Crippen LogP contribution in [0.25, 0.3) is 0 Å². The first-order chi connectivity index (χ1) is 60.9. The van der Waals surface area contributed by atoms with Crippen LogP contribution in [0.4, 0.5) is 0 Å². The molecule has 32 N–H and O–H groups in total. The zero-order valence-corrected chi connectivity index (χ0v) is 70.1. The average molecular weight is 1800 g/mol. The van der Waals surface area contributed by atoms with E-state index in [0.717, 1.165) is 9.80 Å². The Morgan fingerprint density at radius 3 is 1.27 bits per heavy atom. The summed E-state index contributed by atoms with van der Waals surface area (Å²) in [6.45, 7) is -3.04. The molecular weight excluding hydrogens is 1690 g/mol. The smallest absolute Gasteiger partial charge is 0.328 e. The number of primary amides is 2. The van der Waals surface area contributed by atoms with Crippen molar-refractivity contribution >= 4 is 118 Å². The fourth-order valence-electron chi connectivity index (χ4n) is 13.3. The van der Waals surface area contributed by atoms with Crippen molar-refractivity contribution in [3.05, 3.63) is 84.5 Å². The minimum absolute atomic E-state index is 0.00414. The van der Waals surface area contributed by atoms with E-state index >= 15 is 0 Å². The number of H-pyrrole nitrogens is 3. The number of guanidine groups is 1. The number of hydrogen-bond acceptors (Lipinski definition) is 28. The maximum atomic E-state index is 14.5. The van der Waals surface area contributed by atoms with Gasteiger partial charge in [0.25, 0.3) is 0 Å². The Morgan fingerprint density at radius 2 is 0.812 bits per heavy atom. The minimum Gasteiger partial charge on any atom is -0.508 e. The van der Waals surface area contributed by atoms with Crippen molar-refractivity contribution in [2.24, 2.45) is 28.9 Å². The number of aliphatic hydroxyl groups excluding tert-OH is 3. The molecule has 1 aromatic carbocycles. The third kappa shape index (κ3) is 34.3. The molecule has 2 fully saturated rings. The Labute approximate surface area is 730 Å². The van der Waals surface area contributed by atoms with E-state index < -0.39 is 268 Å². The van der Waals surface area contributed by atoms with E-state index in [9.17, 15) is 117 Å². The zero-order chi connectivity index (χ0) is 94.3. The van der Waals surface area contributed by atoms with Crippen molar-refractivity contribution in [1.82, 2.24) is 119 Å². The molecule has 0 aliphatic carbocycles. The summed E-state index contributed by atoms with van der Waals surface area (Å²) in [5.41, 5.74) is 24.1. The molecule has 5 heterocycles. The molecule has 0 bridgehead atoms. The lowest BCUT2D eigenvalue weighted by atomic mass is 10.0. The number of benzene rings is 1. The number of carbonyl (C=O) groups is 19. The van der Waals surface area contributed by atoms with Gasteiger partial charge in [0.1, 0.15) is 78.3 Å². The highest BCUT2D eigenvalue weighted by Gasteiger charge is 2.40. The van der Waals surface area contributed by atoms with Crippen LogP contribution in [0, 0.1) is 11.3 Å².